The van der Waals surface area contributed by atoms with Gasteiger partial charge in [-0.3, -0.25) is 9.69 Å². The third-order valence-electron chi connectivity index (χ3n) is 7.03. The Balaban J connectivity index is 1.39. The molecule has 2 aliphatic rings. The Kier molecular flexibility index (Phi) is 8.72. The van der Waals surface area contributed by atoms with Crippen LogP contribution in [0.15, 0.2) is 48.5 Å². The standard InChI is InChI=1S/C29H31ClFN3O4/c1-21-19-32(20-22-2-7-26(31)8-3-22)16-17-34(21)27(35)9-5-23-4-6-25(30)18-24(23)10-11-29(38)12-14-33(15-13-29)28(36)37/h2-9,18,21,38H,12-17,19-20H2,1H3,(H,36,37)/t21-/m1/s1. The van der Waals surface area contributed by atoms with E-state index in [4.69, 9.17) is 16.7 Å². The van der Waals surface area contributed by atoms with E-state index in [9.17, 15) is 19.1 Å². The molecule has 7 nitrogen and oxygen atoms in total. The van der Waals surface area contributed by atoms with Crippen LogP contribution in [0.1, 0.15) is 36.5 Å². The number of nitrogens with zero attached hydrogens (tertiary/aromatic N) is 3. The molecule has 2 amide bonds. The zero-order valence-corrected chi connectivity index (χ0v) is 22.0. The fourth-order valence-corrected chi connectivity index (χ4v) is 4.94. The molecule has 2 fully saturated rings. The monoisotopic (exact) mass is 539 g/mol. The number of piperidine rings is 1. The molecular formula is C29H31ClFN3O4. The normalized spacial score (nSPS) is 19.7. The second kappa shape index (κ2) is 12.0. The summed E-state index contributed by atoms with van der Waals surface area (Å²) in [6.07, 6.45) is 2.68. The molecule has 0 aromatic heterocycles. The van der Waals surface area contributed by atoms with Gasteiger partial charge in [0.05, 0.1) is 0 Å². The average Bonchev–Trinajstić information content (AvgIpc) is 2.88. The number of carboxylic acid groups (broad SMARTS) is 1. The van der Waals surface area contributed by atoms with Crippen molar-refractivity contribution in [1.82, 2.24) is 14.7 Å². The maximum atomic E-state index is 13.2. The number of rotatable bonds is 4. The molecule has 0 aliphatic carbocycles. The third kappa shape index (κ3) is 7.13. The van der Waals surface area contributed by atoms with Gasteiger partial charge in [0.2, 0.25) is 5.91 Å². The predicted octanol–water partition coefficient (Wildman–Crippen LogP) is 4.08. The van der Waals surface area contributed by atoms with Crippen LogP contribution in [0.25, 0.3) is 6.08 Å². The molecule has 4 rings (SSSR count). The Morgan fingerprint density at radius 1 is 1.13 bits per heavy atom. The number of amides is 2. The summed E-state index contributed by atoms with van der Waals surface area (Å²) in [4.78, 5) is 29.5. The van der Waals surface area contributed by atoms with Crippen molar-refractivity contribution in [2.45, 2.75) is 38.0 Å². The van der Waals surface area contributed by atoms with E-state index in [1.807, 2.05) is 11.8 Å². The lowest BCUT2D eigenvalue weighted by atomic mass is 9.91. The Hall–Kier alpha value is -3.38. The van der Waals surface area contributed by atoms with Crippen molar-refractivity contribution in [2.24, 2.45) is 0 Å². The van der Waals surface area contributed by atoms with E-state index in [0.29, 0.717) is 35.8 Å². The SMILES string of the molecule is C[C@@H]1CN(Cc2ccc(F)cc2)CCN1C(=O)C=Cc1ccc(Cl)cc1C#CC1(O)CCN(C(=O)O)CC1. The van der Waals surface area contributed by atoms with E-state index >= 15 is 0 Å². The van der Waals surface area contributed by atoms with Gasteiger partial charge in [-0.2, -0.15) is 0 Å². The van der Waals surface area contributed by atoms with Gasteiger partial charge < -0.3 is 20.0 Å². The topological polar surface area (TPSA) is 84.3 Å². The van der Waals surface area contributed by atoms with Crippen molar-refractivity contribution in [1.29, 1.82) is 0 Å². The van der Waals surface area contributed by atoms with E-state index < -0.39 is 11.7 Å². The third-order valence-corrected chi connectivity index (χ3v) is 7.26. The number of aliphatic hydroxyl groups is 1. The van der Waals surface area contributed by atoms with Crippen molar-refractivity contribution < 1.29 is 24.2 Å². The summed E-state index contributed by atoms with van der Waals surface area (Å²) < 4.78 is 13.2. The lowest BCUT2D eigenvalue weighted by Gasteiger charge is -2.39. The number of hydrogen-bond donors (Lipinski definition) is 2. The molecule has 9 heteroatoms. The summed E-state index contributed by atoms with van der Waals surface area (Å²) in [6.45, 7) is 5.16. The van der Waals surface area contributed by atoms with E-state index in [2.05, 4.69) is 16.7 Å². The molecule has 2 heterocycles. The van der Waals surface area contributed by atoms with Crippen LogP contribution in [-0.2, 0) is 11.3 Å². The molecule has 38 heavy (non-hydrogen) atoms. The fourth-order valence-electron chi connectivity index (χ4n) is 4.77. The molecule has 0 bridgehead atoms. The summed E-state index contributed by atoms with van der Waals surface area (Å²) in [6, 6.07) is 11.7. The molecule has 2 saturated heterocycles. The first-order chi connectivity index (χ1) is 18.1. The highest BCUT2D eigenvalue weighted by Crippen LogP contribution is 2.23. The summed E-state index contributed by atoms with van der Waals surface area (Å²) in [7, 11) is 0. The first-order valence-electron chi connectivity index (χ1n) is 12.6. The van der Waals surface area contributed by atoms with Gasteiger partial charge in [-0.15, -0.1) is 0 Å². The number of carbonyl (C=O) groups excluding carboxylic acids is 1. The van der Waals surface area contributed by atoms with Crippen LogP contribution in [0.5, 0.6) is 0 Å². The maximum absolute atomic E-state index is 13.2. The second-order valence-corrected chi connectivity index (χ2v) is 10.3. The lowest BCUT2D eigenvalue weighted by Crippen LogP contribution is -2.53. The average molecular weight is 540 g/mol. The molecular weight excluding hydrogens is 509 g/mol. The number of piperazine rings is 1. The molecule has 2 aromatic carbocycles. The molecule has 2 aliphatic heterocycles. The minimum atomic E-state index is -1.28. The van der Waals surface area contributed by atoms with Crippen molar-refractivity contribution >= 4 is 29.7 Å². The number of halogens is 2. The molecule has 2 aromatic rings. The van der Waals surface area contributed by atoms with Gasteiger partial charge in [-0.1, -0.05) is 41.6 Å². The Morgan fingerprint density at radius 2 is 1.84 bits per heavy atom. The van der Waals surface area contributed by atoms with E-state index in [0.717, 1.165) is 12.1 Å². The summed E-state index contributed by atoms with van der Waals surface area (Å²) in [5, 5.41) is 20.4. The van der Waals surface area contributed by atoms with E-state index in [-0.39, 0.29) is 43.7 Å². The van der Waals surface area contributed by atoms with Crippen LogP contribution in [0, 0.1) is 17.7 Å². The molecule has 0 radical (unpaired) electrons. The summed E-state index contributed by atoms with van der Waals surface area (Å²) in [5.41, 5.74) is 1.03. The number of hydrogen-bond acceptors (Lipinski definition) is 4. The lowest BCUT2D eigenvalue weighted by molar-refractivity contribution is -0.130. The minimum Gasteiger partial charge on any atom is -0.465 e. The first kappa shape index (κ1) is 27.6. The molecule has 0 unspecified atom stereocenters. The smallest absolute Gasteiger partial charge is 0.407 e. The molecule has 200 valence electrons. The molecule has 1 atom stereocenters. The van der Waals surface area contributed by atoms with Crippen LogP contribution in [0.2, 0.25) is 5.02 Å². The van der Waals surface area contributed by atoms with Crippen molar-refractivity contribution in [3.05, 3.63) is 76.1 Å². The Morgan fingerprint density at radius 3 is 2.50 bits per heavy atom. The fraction of sp³-hybridized carbons (Fsp3) is 0.379. The number of likely N-dealkylation sites (tertiary alicyclic amines) is 1. The zero-order chi connectivity index (χ0) is 27.3. The van der Waals surface area contributed by atoms with Crippen LogP contribution in [0.4, 0.5) is 9.18 Å². The minimum absolute atomic E-state index is 0.0109. The van der Waals surface area contributed by atoms with Gasteiger partial charge in [0.1, 0.15) is 11.4 Å². The molecule has 0 spiro atoms. The summed E-state index contributed by atoms with van der Waals surface area (Å²) in [5.74, 6) is 5.54. The molecule has 0 saturated carbocycles. The van der Waals surface area contributed by atoms with Gasteiger partial charge in [0.25, 0.3) is 0 Å². The summed E-state index contributed by atoms with van der Waals surface area (Å²) >= 11 is 6.19. The largest absolute Gasteiger partial charge is 0.465 e. The Labute approximate surface area is 227 Å². The highest BCUT2D eigenvalue weighted by atomic mass is 35.5. The van der Waals surface area contributed by atoms with Gasteiger partial charge in [-0.25, -0.2) is 9.18 Å². The highest BCUT2D eigenvalue weighted by molar-refractivity contribution is 6.30. The van der Waals surface area contributed by atoms with Crippen molar-refractivity contribution in [3.63, 3.8) is 0 Å². The maximum Gasteiger partial charge on any atom is 0.407 e. The van der Waals surface area contributed by atoms with Crippen LogP contribution < -0.4 is 0 Å². The second-order valence-electron chi connectivity index (χ2n) is 9.86. The van der Waals surface area contributed by atoms with Gasteiger partial charge in [-0.05, 0) is 48.4 Å². The number of benzene rings is 2. The van der Waals surface area contributed by atoms with Crippen molar-refractivity contribution in [3.8, 4) is 11.8 Å². The van der Waals surface area contributed by atoms with Gasteiger partial charge >= 0.3 is 6.09 Å². The number of carbonyl (C=O) groups is 2. The zero-order valence-electron chi connectivity index (χ0n) is 21.2. The van der Waals surface area contributed by atoms with Crippen molar-refractivity contribution in [2.75, 3.05) is 32.7 Å². The quantitative estimate of drug-likeness (QED) is 0.452. The molecule has 2 N–H and O–H groups in total. The van der Waals surface area contributed by atoms with Crippen LogP contribution >= 0.6 is 11.6 Å². The van der Waals surface area contributed by atoms with E-state index in [1.54, 1.807) is 36.4 Å². The highest BCUT2D eigenvalue weighted by Gasteiger charge is 2.32. The van der Waals surface area contributed by atoms with Gasteiger partial charge in [0.15, 0.2) is 0 Å². The van der Waals surface area contributed by atoms with E-state index in [1.165, 1.54) is 23.1 Å². The first-order valence-corrected chi connectivity index (χ1v) is 13.0. The predicted molar refractivity (Wildman–Crippen MR) is 144 cm³/mol. The Bertz CT molecular complexity index is 1260. The van der Waals surface area contributed by atoms with Gasteiger partial charge in [0, 0.05) is 74.8 Å². The van der Waals surface area contributed by atoms with Crippen LogP contribution in [-0.4, -0.2) is 81.3 Å². The van der Waals surface area contributed by atoms with Crippen LogP contribution in [0.3, 0.4) is 0 Å².